The number of nitrogens with one attached hydrogen (secondary N) is 1. The Kier molecular flexibility index (Phi) is 4.06. The molecule has 1 aromatic heterocycles. The van der Waals surface area contributed by atoms with E-state index in [1.807, 2.05) is 29.1 Å². The van der Waals surface area contributed by atoms with E-state index in [1.54, 1.807) is 0 Å². The van der Waals surface area contributed by atoms with Crippen LogP contribution >= 0.6 is 0 Å². The molecule has 21 heavy (non-hydrogen) atoms. The third kappa shape index (κ3) is 2.48. The Hall–Kier alpha value is -1.68. The standard InChI is InChI=1S/C17H24N4/c1-3-17(11-7-8-12-17)16(18-2)15-13-19-20-21(15)14-9-5-4-6-10-14/h4-6,9-10,13,16,18H,3,7-8,11-12H2,1-2H3. The molecule has 3 rings (SSSR count). The van der Waals surface area contributed by atoms with Gasteiger partial charge in [-0.1, -0.05) is 43.2 Å². The molecule has 2 aromatic rings. The average molecular weight is 284 g/mol. The lowest BCUT2D eigenvalue weighted by Crippen LogP contribution is -2.35. The second-order valence-corrected chi connectivity index (χ2v) is 6.05. The van der Waals surface area contributed by atoms with E-state index in [0.29, 0.717) is 11.5 Å². The molecule has 0 radical (unpaired) electrons. The molecule has 1 aromatic carbocycles. The van der Waals surface area contributed by atoms with E-state index in [9.17, 15) is 0 Å². The Morgan fingerprint density at radius 1 is 1.24 bits per heavy atom. The van der Waals surface area contributed by atoms with Crippen molar-refractivity contribution >= 4 is 0 Å². The van der Waals surface area contributed by atoms with Gasteiger partial charge >= 0.3 is 0 Å². The third-order valence-corrected chi connectivity index (χ3v) is 5.08. The zero-order valence-corrected chi connectivity index (χ0v) is 12.9. The van der Waals surface area contributed by atoms with Crippen LogP contribution in [-0.2, 0) is 0 Å². The highest BCUT2D eigenvalue weighted by Crippen LogP contribution is 2.49. The molecule has 1 aliphatic carbocycles. The van der Waals surface area contributed by atoms with Gasteiger partial charge in [0, 0.05) is 0 Å². The Labute approximate surface area is 126 Å². The van der Waals surface area contributed by atoms with Crippen molar-refractivity contribution in [3.63, 3.8) is 0 Å². The summed E-state index contributed by atoms with van der Waals surface area (Å²) in [4.78, 5) is 0. The van der Waals surface area contributed by atoms with Gasteiger partial charge in [-0.15, -0.1) is 5.10 Å². The van der Waals surface area contributed by atoms with Crippen molar-refractivity contribution in [2.45, 2.75) is 45.1 Å². The summed E-state index contributed by atoms with van der Waals surface area (Å²) in [5.41, 5.74) is 2.59. The molecule has 0 aliphatic heterocycles. The maximum Gasteiger partial charge on any atom is 0.0820 e. The third-order valence-electron chi connectivity index (χ3n) is 5.08. The summed E-state index contributed by atoms with van der Waals surface area (Å²) in [5.74, 6) is 0. The van der Waals surface area contributed by atoms with Crippen LogP contribution in [-0.4, -0.2) is 22.0 Å². The molecule has 1 aliphatic rings. The van der Waals surface area contributed by atoms with Crippen molar-refractivity contribution in [2.24, 2.45) is 5.41 Å². The fourth-order valence-electron chi connectivity index (χ4n) is 3.90. The summed E-state index contributed by atoms with van der Waals surface area (Å²) in [6, 6.07) is 10.6. The lowest BCUT2D eigenvalue weighted by atomic mass is 9.75. The molecule has 1 unspecified atom stereocenters. The lowest BCUT2D eigenvalue weighted by Gasteiger charge is -2.36. The highest BCUT2D eigenvalue weighted by Gasteiger charge is 2.41. The van der Waals surface area contributed by atoms with Gasteiger partial charge in [0.05, 0.1) is 23.6 Å². The van der Waals surface area contributed by atoms with Crippen molar-refractivity contribution < 1.29 is 0 Å². The van der Waals surface area contributed by atoms with E-state index in [1.165, 1.54) is 37.8 Å². The van der Waals surface area contributed by atoms with Gasteiger partial charge < -0.3 is 5.32 Å². The maximum absolute atomic E-state index is 4.32. The van der Waals surface area contributed by atoms with Crippen LogP contribution in [0.4, 0.5) is 0 Å². The van der Waals surface area contributed by atoms with Crippen LogP contribution < -0.4 is 5.32 Å². The predicted molar refractivity (Wildman–Crippen MR) is 84.4 cm³/mol. The van der Waals surface area contributed by atoms with Crippen molar-refractivity contribution in [1.29, 1.82) is 0 Å². The van der Waals surface area contributed by atoms with Crippen LogP contribution in [0.2, 0.25) is 0 Å². The fraction of sp³-hybridized carbons (Fsp3) is 0.529. The number of hydrogen-bond acceptors (Lipinski definition) is 3. The molecular formula is C17H24N4. The van der Waals surface area contributed by atoms with Crippen LogP contribution in [0.3, 0.4) is 0 Å². The van der Waals surface area contributed by atoms with Gasteiger partial charge in [0.25, 0.3) is 0 Å². The van der Waals surface area contributed by atoms with Crippen LogP contribution in [0.5, 0.6) is 0 Å². The molecule has 112 valence electrons. The molecule has 4 heteroatoms. The fourth-order valence-corrected chi connectivity index (χ4v) is 3.90. The SMILES string of the molecule is CCC1(C(NC)c2cnnn2-c2ccccc2)CCCC1. The first-order valence-corrected chi connectivity index (χ1v) is 7.94. The van der Waals surface area contributed by atoms with E-state index >= 15 is 0 Å². The average Bonchev–Trinajstić information content (AvgIpc) is 3.19. The van der Waals surface area contributed by atoms with Crippen LogP contribution in [0.25, 0.3) is 5.69 Å². The number of para-hydroxylation sites is 1. The molecule has 0 bridgehead atoms. The largest absolute Gasteiger partial charge is 0.311 e. The first-order chi connectivity index (χ1) is 10.3. The monoisotopic (exact) mass is 284 g/mol. The van der Waals surface area contributed by atoms with E-state index in [-0.39, 0.29) is 0 Å². The molecule has 1 saturated carbocycles. The van der Waals surface area contributed by atoms with Gasteiger partial charge in [-0.2, -0.15) is 0 Å². The van der Waals surface area contributed by atoms with Gasteiger partial charge in [0.2, 0.25) is 0 Å². The molecule has 0 amide bonds. The van der Waals surface area contributed by atoms with E-state index < -0.39 is 0 Å². The van der Waals surface area contributed by atoms with E-state index in [4.69, 9.17) is 0 Å². The Balaban J connectivity index is 2.01. The van der Waals surface area contributed by atoms with Gasteiger partial charge in [-0.25, -0.2) is 4.68 Å². The normalized spacial score (nSPS) is 18.8. The number of rotatable bonds is 5. The van der Waals surface area contributed by atoms with Gasteiger partial charge in [0.15, 0.2) is 0 Å². The minimum absolute atomic E-state index is 0.306. The minimum atomic E-state index is 0.306. The van der Waals surface area contributed by atoms with Crippen molar-refractivity contribution in [1.82, 2.24) is 20.3 Å². The summed E-state index contributed by atoms with van der Waals surface area (Å²) in [6.07, 6.45) is 8.35. The van der Waals surface area contributed by atoms with Crippen LogP contribution in [0, 0.1) is 5.41 Å². The number of benzene rings is 1. The second kappa shape index (κ2) is 5.98. The summed E-state index contributed by atoms with van der Waals surface area (Å²) in [7, 11) is 2.06. The number of hydrogen-bond donors (Lipinski definition) is 1. The molecule has 1 N–H and O–H groups in total. The Morgan fingerprint density at radius 2 is 1.95 bits per heavy atom. The molecule has 0 spiro atoms. The highest BCUT2D eigenvalue weighted by molar-refractivity contribution is 5.32. The molecule has 1 heterocycles. The summed E-state index contributed by atoms with van der Waals surface area (Å²) >= 11 is 0. The van der Waals surface area contributed by atoms with Gasteiger partial charge in [-0.3, -0.25) is 0 Å². The van der Waals surface area contributed by atoms with Crippen molar-refractivity contribution in [3.8, 4) is 5.69 Å². The smallest absolute Gasteiger partial charge is 0.0820 e. The van der Waals surface area contributed by atoms with Crippen LogP contribution in [0.15, 0.2) is 36.5 Å². The second-order valence-electron chi connectivity index (χ2n) is 6.05. The maximum atomic E-state index is 4.32. The van der Waals surface area contributed by atoms with Gasteiger partial charge in [0.1, 0.15) is 0 Å². The zero-order chi connectivity index (χ0) is 14.7. The molecule has 1 atom stereocenters. The quantitative estimate of drug-likeness (QED) is 0.914. The molecule has 4 nitrogen and oxygen atoms in total. The Morgan fingerprint density at radius 3 is 2.57 bits per heavy atom. The predicted octanol–water partition coefficient (Wildman–Crippen LogP) is 3.50. The topological polar surface area (TPSA) is 42.7 Å². The lowest BCUT2D eigenvalue weighted by molar-refractivity contribution is 0.189. The summed E-state index contributed by atoms with van der Waals surface area (Å²) < 4.78 is 1.98. The van der Waals surface area contributed by atoms with Crippen molar-refractivity contribution in [3.05, 3.63) is 42.2 Å². The molecule has 1 fully saturated rings. The van der Waals surface area contributed by atoms with E-state index in [2.05, 4.69) is 41.7 Å². The van der Waals surface area contributed by atoms with Crippen molar-refractivity contribution in [2.75, 3.05) is 7.05 Å². The minimum Gasteiger partial charge on any atom is -0.311 e. The molecular weight excluding hydrogens is 260 g/mol. The molecule has 0 saturated heterocycles. The summed E-state index contributed by atoms with van der Waals surface area (Å²) in [6.45, 7) is 2.31. The van der Waals surface area contributed by atoms with Crippen LogP contribution in [0.1, 0.15) is 50.8 Å². The zero-order valence-electron chi connectivity index (χ0n) is 12.9. The van der Waals surface area contributed by atoms with E-state index in [0.717, 1.165) is 5.69 Å². The Bertz CT molecular complexity index is 569. The number of aromatic nitrogens is 3. The number of nitrogens with zero attached hydrogens (tertiary/aromatic N) is 3. The first-order valence-electron chi connectivity index (χ1n) is 7.94. The first kappa shape index (κ1) is 14.3. The highest BCUT2D eigenvalue weighted by atomic mass is 15.4. The van der Waals surface area contributed by atoms with Gasteiger partial charge in [-0.05, 0) is 43.9 Å². The summed E-state index contributed by atoms with van der Waals surface area (Å²) in [5, 5.41) is 12.0.